The largest absolute Gasteiger partial charge is 0.494 e. The standard InChI is InChI=1S/C18H28N2O2.ClH/c1-2-22-15-6-3-5-14(11-15)12-20-17-8-4-7-16(17)18-13-21-10-9-19-18;/h3,5-6,11,16-20H,2,4,7-10,12-13H2,1H3;1H. The molecule has 2 aliphatic rings. The lowest BCUT2D eigenvalue weighted by Gasteiger charge is -2.33. The Balaban J connectivity index is 0.00000192. The van der Waals surface area contributed by atoms with Crippen molar-refractivity contribution >= 4 is 12.4 Å². The molecule has 0 aromatic heterocycles. The molecule has 3 atom stereocenters. The molecule has 0 bridgehead atoms. The molecule has 3 rings (SSSR count). The molecule has 4 nitrogen and oxygen atoms in total. The van der Waals surface area contributed by atoms with Crippen molar-refractivity contribution in [2.75, 3.05) is 26.4 Å². The van der Waals surface area contributed by atoms with Crippen LogP contribution in [0.4, 0.5) is 0 Å². The Bertz CT molecular complexity index is 466. The predicted octanol–water partition coefficient (Wildman–Crippen LogP) is 2.75. The second-order valence-electron chi connectivity index (χ2n) is 6.30. The molecule has 0 amide bonds. The Kier molecular flexibility index (Phi) is 7.63. The molecule has 1 aromatic carbocycles. The van der Waals surface area contributed by atoms with Crippen LogP contribution in [0.3, 0.4) is 0 Å². The highest BCUT2D eigenvalue weighted by Crippen LogP contribution is 2.29. The third-order valence-corrected chi connectivity index (χ3v) is 4.81. The highest BCUT2D eigenvalue weighted by molar-refractivity contribution is 5.85. The van der Waals surface area contributed by atoms with Gasteiger partial charge in [0.25, 0.3) is 0 Å². The van der Waals surface area contributed by atoms with Gasteiger partial charge in [0.05, 0.1) is 19.8 Å². The van der Waals surface area contributed by atoms with Gasteiger partial charge in [-0.25, -0.2) is 0 Å². The van der Waals surface area contributed by atoms with E-state index in [2.05, 4.69) is 28.8 Å². The Labute approximate surface area is 145 Å². The van der Waals surface area contributed by atoms with Gasteiger partial charge in [-0.1, -0.05) is 18.6 Å². The molecule has 2 fully saturated rings. The average molecular weight is 341 g/mol. The van der Waals surface area contributed by atoms with E-state index < -0.39 is 0 Å². The number of halogens is 1. The summed E-state index contributed by atoms with van der Waals surface area (Å²) in [5.41, 5.74) is 1.30. The fraction of sp³-hybridized carbons (Fsp3) is 0.667. The molecule has 5 heteroatoms. The maximum Gasteiger partial charge on any atom is 0.119 e. The molecule has 1 aliphatic carbocycles. The maximum absolute atomic E-state index is 5.64. The minimum Gasteiger partial charge on any atom is -0.494 e. The van der Waals surface area contributed by atoms with Crippen molar-refractivity contribution in [1.82, 2.24) is 10.6 Å². The minimum atomic E-state index is 0. The van der Waals surface area contributed by atoms with Crippen molar-refractivity contribution < 1.29 is 9.47 Å². The van der Waals surface area contributed by atoms with Gasteiger partial charge in [0.15, 0.2) is 0 Å². The van der Waals surface area contributed by atoms with E-state index in [9.17, 15) is 0 Å². The summed E-state index contributed by atoms with van der Waals surface area (Å²) in [5.74, 6) is 1.66. The first kappa shape index (κ1) is 18.5. The summed E-state index contributed by atoms with van der Waals surface area (Å²) in [5, 5.41) is 7.39. The minimum absolute atomic E-state index is 0. The van der Waals surface area contributed by atoms with E-state index in [1.807, 2.05) is 13.0 Å². The first-order valence-corrected chi connectivity index (χ1v) is 8.63. The summed E-state index contributed by atoms with van der Waals surface area (Å²) >= 11 is 0. The molecule has 0 radical (unpaired) electrons. The molecular formula is C18H29ClN2O2. The first-order valence-electron chi connectivity index (χ1n) is 8.63. The van der Waals surface area contributed by atoms with Crippen LogP contribution in [0.15, 0.2) is 24.3 Å². The zero-order chi connectivity index (χ0) is 15.2. The number of hydrogen-bond donors (Lipinski definition) is 2. The van der Waals surface area contributed by atoms with Crippen LogP contribution in [0.1, 0.15) is 31.7 Å². The molecule has 0 spiro atoms. The quantitative estimate of drug-likeness (QED) is 0.835. The maximum atomic E-state index is 5.64. The molecule has 130 valence electrons. The fourth-order valence-corrected chi connectivity index (χ4v) is 3.75. The SMILES string of the molecule is CCOc1cccc(CNC2CCCC2C2COCCN2)c1.Cl. The van der Waals surface area contributed by atoms with Crippen molar-refractivity contribution in [3.8, 4) is 5.75 Å². The van der Waals surface area contributed by atoms with Crippen LogP contribution in [0.25, 0.3) is 0 Å². The second kappa shape index (κ2) is 9.48. The van der Waals surface area contributed by atoms with E-state index in [-0.39, 0.29) is 12.4 Å². The van der Waals surface area contributed by atoms with E-state index in [1.54, 1.807) is 0 Å². The summed E-state index contributed by atoms with van der Waals surface area (Å²) in [6.07, 6.45) is 3.89. The van der Waals surface area contributed by atoms with Crippen molar-refractivity contribution in [3.05, 3.63) is 29.8 Å². The number of rotatable bonds is 6. The molecule has 1 aromatic rings. The van der Waals surface area contributed by atoms with Crippen molar-refractivity contribution in [3.63, 3.8) is 0 Å². The van der Waals surface area contributed by atoms with Gasteiger partial charge in [0.2, 0.25) is 0 Å². The van der Waals surface area contributed by atoms with E-state index >= 15 is 0 Å². The summed E-state index contributed by atoms with van der Waals surface area (Å²) in [4.78, 5) is 0. The van der Waals surface area contributed by atoms with Crippen LogP contribution in [0.2, 0.25) is 0 Å². The van der Waals surface area contributed by atoms with Crippen LogP contribution in [0, 0.1) is 5.92 Å². The summed E-state index contributed by atoms with van der Waals surface area (Å²) in [7, 11) is 0. The highest BCUT2D eigenvalue weighted by atomic mass is 35.5. The Morgan fingerprint density at radius 2 is 2.26 bits per heavy atom. The van der Waals surface area contributed by atoms with Crippen LogP contribution >= 0.6 is 12.4 Å². The second-order valence-corrected chi connectivity index (χ2v) is 6.30. The van der Waals surface area contributed by atoms with Crippen molar-refractivity contribution in [1.29, 1.82) is 0 Å². The van der Waals surface area contributed by atoms with Gasteiger partial charge in [-0.15, -0.1) is 12.4 Å². The van der Waals surface area contributed by atoms with Crippen molar-refractivity contribution in [2.24, 2.45) is 5.92 Å². The fourth-order valence-electron chi connectivity index (χ4n) is 3.75. The van der Waals surface area contributed by atoms with Gasteiger partial charge in [0, 0.05) is 25.2 Å². The Hall–Kier alpha value is -0.810. The number of morpholine rings is 1. The normalized spacial score (nSPS) is 27.4. The van der Waals surface area contributed by atoms with Gasteiger partial charge in [-0.05, 0) is 43.4 Å². The molecule has 3 unspecified atom stereocenters. The van der Waals surface area contributed by atoms with Crippen LogP contribution in [0.5, 0.6) is 5.75 Å². The molecule has 1 saturated carbocycles. The van der Waals surface area contributed by atoms with Crippen LogP contribution in [-0.4, -0.2) is 38.4 Å². The van der Waals surface area contributed by atoms with Gasteiger partial charge in [0.1, 0.15) is 5.75 Å². The van der Waals surface area contributed by atoms with E-state index in [4.69, 9.17) is 9.47 Å². The van der Waals surface area contributed by atoms with E-state index in [1.165, 1.54) is 24.8 Å². The van der Waals surface area contributed by atoms with Crippen LogP contribution in [-0.2, 0) is 11.3 Å². The Morgan fingerprint density at radius 3 is 3.04 bits per heavy atom. The smallest absolute Gasteiger partial charge is 0.119 e. The molecule has 2 N–H and O–H groups in total. The summed E-state index contributed by atoms with van der Waals surface area (Å²) in [6.45, 7) is 6.36. The van der Waals surface area contributed by atoms with Gasteiger partial charge in [-0.3, -0.25) is 0 Å². The Morgan fingerprint density at radius 1 is 1.35 bits per heavy atom. The number of hydrogen-bond acceptors (Lipinski definition) is 4. The van der Waals surface area contributed by atoms with E-state index in [0.29, 0.717) is 18.0 Å². The summed E-state index contributed by atoms with van der Waals surface area (Å²) in [6, 6.07) is 9.52. The topological polar surface area (TPSA) is 42.5 Å². The highest BCUT2D eigenvalue weighted by Gasteiger charge is 2.34. The molecule has 23 heavy (non-hydrogen) atoms. The van der Waals surface area contributed by atoms with E-state index in [0.717, 1.165) is 38.7 Å². The molecular weight excluding hydrogens is 312 g/mol. The number of benzene rings is 1. The number of nitrogens with one attached hydrogen (secondary N) is 2. The van der Waals surface area contributed by atoms with Gasteiger partial charge in [-0.2, -0.15) is 0 Å². The lowest BCUT2D eigenvalue weighted by molar-refractivity contribution is 0.0524. The summed E-state index contributed by atoms with van der Waals surface area (Å²) < 4.78 is 11.2. The number of ether oxygens (including phenoxy) is 2. The molecule has 1 aliphatic heterocycles. The van der Waals surface area contributed by atoms with Gasteiger partial charge >= 0.3 is 0 Å². The monoisotopic (exact) mass is 340 g/mol. The molecule has 1 saturated heterocycles. The average Bonchev–Trinajstić information content (AvgIpc) is 3.03. The predicted molar refractivity (Wildman–Crippen MR) is 95.4 cm³/mol. The third kappa shape index (κ3) is 5.08. The lowest BCUT2D eigenvalue weighted by Crippen LogP contribution is -2.50. The van der Waals surface area contributed by atoms with Gasteiger partial charge < -0.3 is 20.1 Å². The zero-order valence-electron chi connectivity index (χ0n) is 13.9. The third-order valence-electron chi connectivity index (χ3n) is 4.81. The molecule has 1 heterocycles. The first-order chi connectivity index (χ1) is 10.9. The van der Waals surface area contributed by atoms with Crippen molar-refractivity contribution in [2.45, 2.75) is 44.8 Å². The van der Waals surface area contributed by atoms with Crippen LogP contribution < -0.4 is 15.4 Å². The lowest BCUT2D eigenvalue weighted by atomic mass is 9.94. The zero-order valence-corrected chi connectivity index (χ0v) is 14.7.